The SMILES string of the molecule is Cc1cc(C)n(CCCNC(=O)CSC(C)c2nc3ccccc3[nH]2)n1. The van der Waals surface area contributed by atoms with Crippen molar-refractivity contribution in [3.8, 4) is 0 Å². The summed E-state index contributed by atoms with van der Waals surface area (Å²) >= 11 is 1.59. The number of para-hydroxylation sites is 2. The maximum atomic E-state index is 12.0. The highest BCUT2D eigenvalue weighted by molar-refractivity contribution is 8.00. The molecule has 0 saturated heterocycles. The number of amides is 1. The number of nitrogens with zero attached hydrogens (tertiary/aromatic N) is 3. The first-order chi connectivity index (χ1) is 12.5. The highest BCUT2D eigenvalue weighted by Crippen LogP contribution is 2.27. The van der Waals surface area contributed by atoms with Gasteiger partial charge in [-0.25, -0.2) is 4.98 Å². The van der Waals surface area contributed by atoms with E-state index in [1.54, 1.807) is 11.8 Å². The molecule has 138 valence electrons. The Labute approximate surface area is 157 Å². The van der Waals surface area contributed by atoms with Crippen LogP contribution in [-0.4, -0.2) is 38.0 Å². The van der Waals surface area contributed by atoms with Gasteiger partial charge in [-0.3, -0.25) is 9.48 Å². The van der Waals surface area contributed by atoms with E-state index in [0.29, 0.717) is 12.3 Å². The van der Waals surface area contributed by atoms with Crippen molar-refractivity contribution in [2.75, 3.05) is 12.3 Å². The Balaban J connectivity index is 1.38. The van der Waals surface area contributed by atoms with Crippen molar-refractivity contribution in [1.82, 2.24) is 25.1 Å². The van der Waals surface area contributed by atoms with Crippen LogP contribution in [0.15, 0.2) is 30.3 Å². The number of H-pyrrole nitrogens is 1. The fraction of sp³-hybridized carbons (Fsp3) is 0.421. The summed E-state index contributed by atoms with van der Waals surface area (Å²) in [6, 6.07) is 10.0. The minimum absolute atomic E-state index is 0.0614. The van der Waals surface area contributed by atoms with Gasteiger partial charge in [0.25, 0.3) is 0 Å². The molecule has 7 heteroatoms. The number of aromatic nitrogens is 4. The third-order valence-corrected chi connectivity index (χ3v) is 5.38. The van der Waals surface area contributed by atoms with Crippen LogP contribution in [0.2, 0.25) is 0 Å². The van der Waals surface area contributed by atoms with E-state index in [0.717, 1.165) is 41.2 Å². The van der Waals surface area contributed by atoms with Crippen molar-refractivity contribution < 1.29 is 4.79 Å². The van der Waals surface area contributed by atoms with Crippen molar-refractivity contribution in [3.63, 3.8) is 0 Å². The zero-order chi connectivity index (χ0) is 18.5. The molecule has 0 fully saturated rings. The van der Waals surface area contributed by atoms with E-state index in [1.807, 2.05) is 35.9 Å². The standard InChI is InChI=1S/C19H25N5OS/c1-13-11-14(2)24(23-13)10-6-9-20-18(25)12-26-15(3)19-21-16-7-4-5-8-17(16)22-19/h4-5,7-8,11,15H,6,9-10,12H2,1-3H3,(H,20,25)(H,21,22). The zero-order valence-corrected chi connectivity index (χ0v) is 16.3. The summed E-state index contributed by atoms with van der Waals surface area (Å²) in [5.74, 6) is 1.40. The van der Waals surface area contributed by atoms with Crippen molar-refractivity contribution in [2.24, 2.45) is 0 Å². The lowest BCUT2D eigenvalue weighted by atomic mass is 10.3. The Kier molecular flexibility index (Phi) is 5.98. The summed E-state index contributed by atoms with van der Waals surface area (Å²) in [5.41, 5.74) is 4.18. The number of carbonyl (C=O) groups excluding carboxylic acids is 1. The quantitative estimate of drug-likeness (QED) is 0.595. The van der Waals surface area contributed by atoms with E-state index in [2.05, 4.69) is 40.3 Å². The molecule has 0 spiro atoms. The minimum Gasteiger partial charge on any atom is -0.355 e. The normalized spacial score (nSPS) is 12.4. The highest BCUT2D eigenvalue weighted by Gasteiger charge is 2.13. The monoisotopic (exact) mass is 371 g/mol. The summed E-state index contributed by atoms with van der Waals surface area (Å²) < 4.78 is 1.99. The number of imidazole rings is 1. The van der Waals surface area contributed by atoms with Crippen LogP contribution in [-0.2, 0) is 11.3 Å². The van der Waals surface area contributed by atoms with Crippen LogP contribution in [0, 0.1) is 13.8 Å². The van der Waals surface area contributed by atoms with Crippen molar-refractivity contribution >= 4 is 28.7 Å². The van der Waals surface area contributed by atoms with Gasteiger partial charge in [0.1, 0.15) is 5.82 Å². The number of aromatic amines is 1. The van der Waals surface area contributed by atoms with Gasteiger partial charge in [0, 0.05) is 18.8 Å². The van der Waals surface area contributed by atoms with E-state index in [4.69, 9.17) is 0 Å². The van der Waals surface area contributed by atoms with Crippen LogP contribution in [0.5, 0.6) is 0 Å². The van der Waals surface area contributed by atoms with E-state index < -0.39 is 0 Å². The number of aryl methyl sites for hydroxylation is 3. The summed E-state index contributed by atoms with van der Waals surface area (Å²) in [6.07, 6.45) is 0.873. The number of rotatable bonds is 8. The molecule has 1 unspecified atom stereocenters. The molecule has 0 saturated carbocycles. The maximum Gasteiger partial charge on any atom is 0.230 e. The summed E-state index contributed by atoms with van der Waals surface area (Å²) in [7, 11) is 0. The summed E-state index contributed by atoms with van der Waals surface area (Å²) in [6.45, 7) is 7.60. The van der Waals surface area contributed by atoms with Gasteiger partial charge < -0.3 is 10.3 Å². The van der Waals surface area contributed by atoms with Gasteiger partial charge >= 0.3 is 0 Å². The molecule has 0 aliphatic heterocycles. The Morgan fingerprint density at radius 1 is 1.35 bits per heavy atom. The second kappa shape index (κ2) is 8.40. The molecular formula is C19H25N5OS. The predicted octanol–water partition coefficient (Wildman–Crippen LogP) is 3.38. The fourth-order valence-corrected chi connectivity index (χ4v) is 3.63. The second-order valence-corrected chi connectivity index (χ2v) is 7.78. The number of thioether (sulfide) groups is 1. The Bertz CT molecular complexity index is 852. The van der Waals surface area contributed by atoms with Crippen LogP contribution >= 0.6 is 11.8 Å². The summed E-state index contributed by atoms with van der Waals surface area (Å²) in [4.78, 5) is 20.0. The lowest BCUT2D eigenvalue weighted by molar-refractivity contribution is -0.118. The predicted molar refractivity (Wildman–Crippen MR) is 106 cm³/mol. The smallest absolute Gasteiger partial charge is 0.230 e. The summed E-state index contributed by atoms with van der Waals surface area (Å²) in [5, 5.41) is 7.55. The molecule has 0 radical (unpaired) electrons. The highest BCUT2D eigenvalue weighted by atomic mass is 32.2. The Morgan fingerprint density at radius 2 is 2.15 bits per heavy atom. The van der Waals surface area contributed by atoms with Crippen LogP contribution in [0.25, 0.3) is 11.0 Å². The topological polar surface area (TPSA) is 75.6 Å². The van der Waals surface area contributed by atoms with Gasteiger partial charge in [0.2, 0.25) is 5.91 Å². The van der Waals surface area contributed by atoms with Gasteiger partial charge in [-0.1, -0.05) is 12.1 Å². The van der Waals surface area contributed by atoms with Gasteiger partial charge in [-0.2, -0.15) is 5.10 Å². The van der Waals surface area contributed by atoms with E-state index in [9.17, 15) is 4.79 Å². The van der Waals surface area contributed by atoms with Crippen LogP contribution in [0.3, 0.4) is 0 Å². The molecule has 6 nitrogen and oxygen atoms in total. The number of carbonyl (C=O) groups is 1. The molecule has 26 heavy (non-hydrogen) atoms. The third-order valence-electron chi connectivity index (χ3n) is 4.23. The van der Waals surface area contributed by atoms with Gasteiger partial charge in [0.05, 0.1) is 27.7 Å². The third kappa shape index (κ3) is 4.66. The van der Waals surface area contributed by atoms with Crippen LogP contribution in [0.1, 0.15) is 35.8 Å². The molecule has 0 aliphatic carbocycles. The molecule has 0 bridgehead atoms. The lowest BCUT2D eigenvalue weighted by Crippen LogP contribution is -2.27. The molecule has 2 aromatic heterocycles. The number of hydrogen-bond acceptors (Lipinski definition) is 4. The van der Waals surface area contributed by atoms with Crippen molar-refractivity contribution in [2.45, 2.75) is 39.0 Å². The molecule has 1 atom stereocenters. The molecule has 3 aromatic rings. The first-order valence-corrected chi connectivity index (χ1v) is 9.92. The molecule has 2 heterocycles. The largest absolute Gasteiger partial charge is 0.355 e. The average molecular weight is 372 g/mol. The maximum absolute atomic E-state index is 12.0. The molecular weight excluding hydrogens is 346 g/mol. The van der Waals surface area contributed by atoms with Crippen LogP contribution in [0.4, 0.5) is 0 Å². The average Bonchev–Trinajstić information content (AvgIpc) is 3.19. The number of fused-ring (bicyclic) bond motifs is 1. The Hall–Kier alpha value is -2.28. The molecule has 1 amide bonds. The number of nitrogens with one attached hydrogen (secondary N) is 2. The van der Waals surface area contributed by atoms with Gasteiger partial charge in [-0.05, 0) is 45.4 Å². The second-order valence-electron chi connectivity index (χ2n) is 6.45. The van der Waals surface area contributed by atoms with Gasteiger partial charge in [0.15, 0.2) is 0 Å². The molecule has 1 aromatic carbocycles. The first kappa shape index (κ1) is 18.5. The number of benzene rings is 1. The van der Waals surface area contributed by atoms with Crippen molar-refractivity contribution in [3.05, 3.63) is 47.5 Å². The van der Waals surface area contributed by atoms with E-state index in [-0.39, 0.29) is 11.2 Å². The Morgan fingerprint density at radius 3 is 2.88 bits per heavy atom. The van der Waals surface area contributed by atoms with Crippen molar-refractivity contribution in [1.29, 1.82) is 0 Å². The van der Waals surface area contributed by atoms with Gasteiger partial charge in [-0.15, -0.1) is 11.8 Å². The van der Waals surface area contributed by atoms with E-state index >= 15 is 0 Å². The lowest BCUT2D eigenvalue weighted by Gasteiger charge is -2.09. The number of hydrogen-bond donors (Lipinski definition) is 2. The zero-order valence-electron chi connectivity index (χ0n) is 15.5. The molecule has 2 N–H and O–H groups in total. The molecule has 3 rings (SSSR count). The minimum atomic E-state index is 0.0614. The molecule has 0 aliphatic rings. The first-order valence-electron chi connectivity index (χ1n) is 8.87. The van der Waals surface area contributed by atoms with Crippen LogP contribution < -0.4 is 5.32 Å². The fourth-order valence-electron chi connectivity index (χ4n) is 2.85. The van der Waals surface area contributed by atoms with E-state index in [1.165, 1.54) is 0 Å².